The van der Waals surface area contributed by atoms with Gasteiger partial charge in [-0.05, 0) is 18.4 Å². The van der Waals surface area contributed by atoms with Crippen LogP contribution in [0.25, 0.3) is 0 Å². The summed E-state index contributed by atoms with van der Waals surface area (Å²) >= 11 is 3.39. The second-order valence-electron chi connectivity index (χ2n) is 6.17. The Morgan fingerprint density at radius 1 is 1.41 bits per heavy atom. The van der Waals surface area contributed by atoms with E-state index in [1.54, 1.807) is 6.07 Å². The Kier molecular flexibility index (Phi) is 5.83. The Morgan fingerprint density at radius 2 is 2.14 bits per heavy atom. The van der Waals surface area contributed by atoms with Crippen LogP contribution in [0.1, 0.15) is 18.2 Å². The van der Waals surface area contributed by atoms with Crippen molar-refractivity contribution >= 4 is 29.1 Å². The topological polar surface area (TPSA) is 46.5 Å². The average Bonchev–Trinajstić information content (AvgIpc) is 3.11. The van der Waals surface area contributed by atoms with E-state index in [0.717, 1.165) is 24.0 Å². The first-order chi connectivity index (χ1) is 10.0. The van der Waals surface area contributed by atoms with Gasteiger partial charge < -0.3 is 26.7 Å². The lowest BCUT2D eigenvalue weighted by Gasteiger charge is -2.37. The molecule has 1 spiro atoms. The second-order valence-corrected chi connectivity index (χ2v) is 8.35. The van der Waals surface area contributed by atoms with Crippen LogP contribution in [0.3, 0.4) is 0 Å². The summed E-state index contributed by atoms with van der Waals surface area (Å²) in [6, 6.07) is 3.61. The maximum atomic E-state index is 12.3. The Labute approximate surface area is 145 Å². The quantitative estimate of drug-likeness (QED) is 0.543. The molecule has 1 aromatic heterocycles. The Hall–Kier alpha value is -0.270. The zero-order chi connectivity index (χ0) is 14.9. The Morgan fingerprint density at radius 3 is 2.77 bits per heavy atom. The smallest absolute Gasteiger partial charge is 0.343 e. The van der Waals surface area contributed by atoms with Gasteiger partial charge in [-0.15, -0.1) is 11.3 Å². The SMILES string of the molecule is CC(O)(C(=O)OC1CC[N+]2(CCSCC2)C1)c1cccs1.[Cl-]. The van der Waals surface area contributed by atoms with E-state index in [0.29, 0.717) is 4.88 Å². The molecule has 0 amide bonds. The monoisotopic (exact) mass is 363 g/mol. The summed E-state index contributed by atoms with van der Waals surface area (Å²) in [5, 5.41) is 12.3. The molecule has 2 atom stereocenters. The minimum atomic E-state index is -1.53. The van der Waals surface area contributed by atoms with Gasteiger partial charge in [-0.25, -0.2) is 4.79 Å². The number of esters is 1. The number of halogens is 1. The lowest BCUT2D eigenvalue weighted by molar-refractivity contribution is -0.914. The van der Waals surface area contributed by atoms with Gasteiger partial charge in [0.1, 0.15) is 6.54 Å². The van der Waals surface area contributed by atoms with Gasteiger partial charge in [0.25, 0.3) is 0 Å². The van der Waals surface area contributed by atoms with E-state index >= 15 is 0 Å². The number of thioether (sulfide) groups is 1. The first kappa shape index (κ1) is 18.1. The number of ether oxygens (including phenoxy) is 1. The molecular weight excluding hydrogens is 342 g/mol. The van der Waals surface area contributed by atoms with Crippen LogP contribution < -0.4 is 12.4 Å². The van der Waals surface area contributed by atoms with E-state index in [9.17, 15) is 9.90 Å². The number of carbonyl (C=O) groups is 1. The molecule has 3 heterocycles. The summed E-state index contributed by atoms with van der Waals surface area (Å²) in [6.45, 7) is 5.89. The standard InChI is InChI=1S/C15H22NO3S2.ClH/c1-15(18,13-3-2-8-21-13)14(17)19-12-4-5-16(11-12)6-9-20-10-7-16;/h2-3,8,12,18H,4-7,9-11H2,1H3;1H/q+1;/p-1. The maximum Gasteiger partial charge on any atom is 0.343 e. The zero-order valence-electron chi connectivity index (χ0n) is 12.7. The van der Waals surface area contributed by atoms with Crippen molar-refractivity contribution in [1.82, 2.24) is 0 Å². The highest BCUT2D eigenvalue weighted by Gasteiger charge is 2.44. The van der Waals surface area contributed by atoms with Crippen LogP contribution in [-0.2, 0) is 15.1 Å². The third-order valence-electron chi connectivity index (χ3n) is 4.61. The Balaban J connectivity index is 0.00000176. The van der Waals surface area contributed by atoms with E-state index < -0.39 is 11.6 Å². The van der Waals surface area contributed by atoms with Crippen LogP contribution in [0.4, 0.5) is 0 Å². The van der Waals surface area contributed by atoms with Crippen LogP contribution in [0.5, 0.6) is 0 Å². The van der Waals surface area contributed by atoms with Crippen molar-refractivity contribution in [1.29, 1.82) is 0 Å². The van der Waals surface area contributed by atoms with Crippen molar-refractivity contribution in [2.24, 2.45) is 0 Å². The van der Waals surface area contributed by atoms with Gasteiger partial charge in [-0.2, -0.15) is 11.8 Å². The minimum Gasteiger partial charge on any atom is -1.00 e. The second kappa shape index (κ2) is 7.09. The van der Waals surface area contributed by atoms with Crippen LogP contribution >= 0.6 is 23.1 Å². The number of aliphatic hydroxyl groups is 1. The van der Waals surface area contributed by atoms with Crippen molar-refractivity contribution in [2.75, 3.05) is 37.7 Å². The molecule has 22 heavy (non-hydrogen) atoms. The van der Waals surface area contributed by atoms with Gasteiger partial charge in [0, 0.05) is 22.8 Å². The third-order valence-corrected chi connectivity index (χ3v) is 6.63. The molecular formula is C15H22ClNO3S2. The zero-order valence-corrected chi connectivity index (χ0v) is 15.1. The molecule has 2 saturated heterocycles. The van der Waals surface area contributed by atoms with Crippen LogP contribution in [0.15, 0.2) is 17.5 Å². The minimum absolute atomic E-state index is 0. The first-order valence-corrected chi connectivity index (χ1v) is 9.46. The van der Waals surface area contributed by atoms with Gasteiger partial charge in [0.05, 0.1) is 19.6 Å². The number of thiophene rings is 1. The number of hydrogen-bond donors (Lipinski definition) is 1. The van der Waals surface area contributed by atoms with E-state index in [1.807, 2.05) is 23.2 Å². The van der Waals surface area contributed by atoms with Crippen molar-refractivity contribution in [2.45, 2.75) is 25.0 Å². The highest BCUT2D eigenvalue weighted by molar-refractivity contribution is 7.99. The molecule has 2 fully saturated rings. The molecule has 0 radical (unpaired) electrons. The molecule has 4 nitrogen and oxygen atoms in total. The fourth-order valence-electron chi connectivity index (χ4n) is 3.19. The number of carbonyl (C=O) groups excluding carboxylic acids is 1. The van der Waals surface area contributed by atoms with E-state index in [2.05, 4.69) is 0 Å². The van der Waals surface area contributed by atoms with Crippen molar-refractivity contribution in [3.05, 3.63) is 22.4 Å². The normalized spacial score (nSPS) is 26.2. The van der Waals surface area contributed by atoms with Crippen LogP contribution in [0, 0.1) is 0 Å². The Bertz CT molecular complexity index is 501. The number of nitrogens with zero attached hydrogens (tertiary/aromatic N) is 1. The van der Waals surface area contributed by atoms with Gasteiger partial charge in [0.2, 0.25) is 0 Å². The van der Waals surface area contributed by atoms with Crippen LogP contribution in [0.2, 0.25) is 0 Å². The molecule has 0 aliphatic carbocycles. The molecule has 124 valence electrons. The number of rotatable bonds is 3. The van der Waals surface area contributed by atoms with E-state index in [-0.39, 0.29) is 18.5 Å². The lowest BCUT2D eigenvalue weighted by Crippen LogP contribution is -3.00. The largest absolute Gasteiger partial charge is 1.00 e. The summed E-state index contributed by atoms with van der Waals surface area (Å²) < 4.78 is 6.71. The molecule has 2 aliphatic heterocycles. The summed E-state index contributed by atoms with van der Waals surface area (Å²) in [5.74, 6) is 1.89. The highest BCUT2D eigenvalue weighted by Crippen LogP contribution is 2.30. The van der Waals surface area contributed by atoms with Crippen molar-refractivity contribution in [3.8, 4) is 0 Å². The van der Waals surface area contributed by atoms with Crippen molar-refractivity contribution in [3.63, 3.8) is 0 Å². The molecule has 7 heteroatoms. The predicted molar refractivity (Wildman–Crippen MR) is 85.4 cm³/mol. The summed E-state index contributed by atoms with van der Waals surface area (Å²) in [5.41, 5.74) is -1.53. The van der Waals surface area contributed by atoms with Gasteiger partial charge in [0.15, 0.2) is 11.7 Å². The summed E-state index contributed by atoms with van der Waals surface area (Å²) in [4.78, 5) is 13.0. The number of quaternary nitrogens is 1. The van der Waals surface area contributed by atoms with Crippen molar-refractivity contribution < 1.29 is 31.5 Å². The molecule has 2 unspecified atom stereocenters. The van der Waals surface area contributed by atoms with Gasteiger partial charge in [-0.1, -0.05) is 6.07 Å². The summed E-state index contributed by atoms with van der Waals surface area (Å²) in [6.07, 6.45) is 0.865. The van der Waals surface area contributed by atoms with Crippen LogP contribution in [-0.4, -0.2) is 59.3 Å². The molecule has 3 rings (SSSR count). The lowest BCUT2D eigenvalue weighted by atomic mass is 10.1. The van der Waals surface area contributed by atoms with E-state index in [4.69, 9.17) is 4.74 Å². The maximum absolute atomic E-state index is 12.3. The molecule has 0 aromatic carbocycles. The fourth-order valence-corrected chi connectivity index (χ4v) is 5.20. The number of hydrogen-bond acceptors (Lipinski definition) is 5. The summed E-state index contributed by atoms with van der Waals surface area (Å²) in [7, 11) is 0. The molecule has 1 aromatic rings. The molecule has 0 bridgehead atoms. The molecule has 0 saturated carbocycles. The average molecular weight is 364 g/mol. The van der Waals surface area contributed by atoms with Gasteiger partial charge in [-0.3, -0.25) is 0 Å². The fraction of sp³-hybridized carbons (Fsp3) is 0.667. The van der Waals surface area contributed by atoms with Gasteiger partial charge >= 0.3 is 5.97 Å². The van der Waals surface area contributed by atoms with E-state index in [1.165, 1.54) is 42.9 Å². The third kappa shape index (κ3) is 3.62. The molecule has 1 N–H and O–H groups in total. The molecule has 2 aliphatic rings. The predicted octanol–water partition coefficient (Wildman–Crippen LogP) is -1.16. The highest BCUT2D eigenvalue weighted by atomic mass is 35.5. The first-order valence-electron chi connectivity index (χ1n) is 7.42.